The number of aromatic nitrogens is 1. The number of rotatable bonds is 8. The molecule has 48 heavy (non-hydrogen) atoms. The number of piperazine rings is 1. The summed E-state index contributed by atoms with van der Waals surface area (Å²) < 4.78 is 6.64. The Labute approximate surface area is 283 Å². The molecule has 10 heteroatoms. The van der Waals surface area contributed by atoms with Crippen LogP contribution in [0.25, 0.3) is 10.8 Å². The Morgan fingerprint density at radius 1 is 1.10 bits per heavy atom. The van der Waals surface area contributed by atoms with Gasteiger partial charge < -0.3 is 29.4 Å². The molecule has 0 radical (unpaired) electrons. The fourth-order valence-electron chi connectivity index (χ4n) is 7.68. The second-order valence-electron chi connectivity index (χ2n) is 13.9. The number of ether oxygens (including phenoxy) is 1. The van der Waals surface area contributed by atoms with Gasteiger partial charge in [-0.25, -0.2) is 4.98 Å². The lowest BCUT2D eigenvalue weighted by molar-refractivity contribution is -0.128. The van der Waals surface area contributed by atoms with Crippen molar-refractivity contribution < 1.29 is 14.6 Å². The van der Waals surface area contributed by atoms with Gasteiger partial charge in [0, 0.05) is 62.5 Å². The second kappa shape index (κ2) is 13.8. The van der Waals surface area contributed by atoms with Crippen LogP contribution < -0.4 is 14.5 Å². The van der Waals surface area contributed by atoms with E-state index in [0.717, 1.165) is 55.1 Å². The summed E-state index contributed by atoms with van der Waals surface area (Å²) in [4.78, 5) is 26.3. The van der Waals surface area contributed by atoms with Gasteiger partial charge in [-0.15, -0.1) is 0 Å². The van der Waals surface area contributed by atoms with Crippen molar-refractivity contribution in [2.45, 2.75) is 70.7 Å². The van der Waals surface area contributed by atoms with E-state index < -0.39 is 5.60 Å². The standard InChI is InChI=1S/C38H45N7O3/c1-5-34(46)45-21-20-44(23-28(45)12-16-39)36-30-15-19-43(33-11-7-10-27-9-6-8-26(2)35(27)33)24-32(30)41-37(31(36)22-40)48-29-13-17-42(18-14-29)25-38(3,4)47/h5-11,28-29,47H,1,12-15,17-21,23-25H2,2-4H3/t28-/m0/s1. The highest BCUT2D eigenvalue weighted by molar-refractivity contribution is 5.97. The number of piperidine rings is 1. The Balaban J connectivity index is 1.37. The highest BCUT2D eigenvalue weighted by Gasteiger charge is 2.36. The first-order chi connectivity index (χ1) is 23.1. The average molecular weight is 648 g/mol. The van der Waals surface area contributed by atoms with Gasteiger partial charge >= 0.3 is 0 Å². The molecule has 2 saturated heterocycles. The van der Waals surface area contributed by atoms with Gasteiger partial charge in [0.15, 0.2) is 0 Å². The van der Waals surface area contributed by atoms with E-state index in [1.54, 1.807) is 4.90 Å². The number of nitrogens with zero attached hydrogens (tertiary/aromatic N) is 7. The van der Waals surface area contributed by atoms with E-state index in [0.29, 0.717) is 50.6 Å². The molecule has 6 rings (SSSR count). The number of amides is 1. The fraction of sp³-hybridized carbons (Fsp3) is 0.474. The van der Waals surface area contributed by atoms with E-state index >= 15 is 0 Å². The maximum atomic E-state index is 12.7. The quantitative estimate of drug-likeness (QED) is 0.347. The van der Waals surface area contributed by atoms with Gasteiger partial charge in [0.2, 0.25) is 11.8 Å². The van der Waals surface area contributed by atoms with Crippen molar-refractivity contribution in [1.29, 1.82) is 10.5 Å². The van der Waals surface area contributed by atoms with Crippen LogP contribution in [0.1, 0.15) is 55.5 Å². The van der Waals surface area contributed by atoms with E-state index in [4.69, 9.17) is 9.72 Å². The molecule has 2 aromatic carbocycles. The lowest BCUT2D eigenvalue weighted by Gasteiger charge is -2.43. The first-order valence-corrected chi connectivity index (χ1v) is 17.0. The summed E-state index contributed by atoms with van der Waals surface area (Å²) in [5, 5.41) is 33.1. The topological polar surface area (TPSA) is 120 Å². The van der Waals surface area contributed by atoms with Gasteiger partial charge in [-0.05, 0) is 63.1 Å². The predicted octanol–water partition coefficient (Wildman–Crippen LogP) is 4.71. The zero-order chi connectivity index (χ0) is 34.0. The molecule has 0 saturated carbocycles. The molecule has 3 aliphatic heterocycles. The zero-order valence-corrected chi connectivity index (χ0v) is 28.3. The van der Waals surface area contributed by atoms with E-state index in [2.05, 4.69) is 76.7 Å². The number of benzene rings is 2. The van der Waals surface area contributed by atoms with Gasteiger partial charge in [0.05, 0.1) is 42.1 Å². The van der Waals surface area contributed by atoms with Gasteiger partial charge in [0.25, 0.3) is 0 Å². The monoisotopic (exact) mass is 647 g/mol. The van der Waals surface area contributed by atoms with Crippen LogP contribution in [-0.2, 0) is 17.8 Å². The molecule has 1 atom stereocenters. The average Bonchev–Trinajstić information content (AvgIpc) is 3.07. The number of fused-ring (bicyclic) bond motifs is 2. The molecule has 0 unspecified atom stereocenters. The number of aryl methyl sites for hydroxylation is 1. The molecule has 3 aromatic rings. The van der Waals surface area contributed by atoms with Gasteiger partial charge in [0.1, 0.15) is 17.7 Å². The van der Waals surface area contributed by atoms with Crippen LogP contribution in [0, 0.1) is 29.6 Å². The number of anilines is 2. The van der Waals surface area contributed by atoms with E-state index in [-0.39, 0.29) is 24.5 Å². The number of hydrogen-bond acceptors (Lipinski definition) is 9. The molecule has 3 aliphatic rings. The molecule has 250 valence electrons. The zero-order valence-electron chi connectivity index (χ0n) is 28.3. The largest absolute Gasteiger partial charge is 0.473 e. The Hall–Kier alpha value is -4.64. The van der Waals surface area contributed by atoms with Crippen molar-refractivity contribution in [3.63, 3.8) is 0 Å². The van der Waals surface area contributed by atoms with Crippen LogP contribution >= 0.6 is 0 Å². The van der Waals surface area contributed by atoms with Crippen molar-refractivity contribution in [2.24, 2.45) is 0 Å². The molecular weight excluding hydrogens is 602 g/mol. The number of β-amino-alcohol motifs (C(OH)–C–C–N with tert-alkyl or cyclic N) is 1. The number of carbonyl (C=O) groups excluding carboxylic acids is 1. The Bertz CT molecular complexity index is 1770. The fourth-order valence-corrected chi connectivity index (χ4v) is 7.68. The lowest BCUT2D eigenvalue weighted by Crippen LogP contribution is -2.55. The van der Waals surface area contributed by atoms with Crippen LogP contribution in [-0.4, -0.2) is 89.4 Å². The minimum Gasteiger partial charge on any atom is -0.473 e. The Kier molecular flexibility index (Phi) is 9.59. The molecular formula is C38H45N7O3. The molecule has 2 fully saturated rings. The van der Waals surface area contributed by atoms with Crippen LogP contribution in [0.4, 0.5) is 11.4 Å². The van der Waals surface area contributed by atoms with E-state index in [1.165, 1.54) is 22.4 Å². The highest BCUT2D eigenvalue weighted by atomic mass is 16.5. The molecule has 1 aromatic heterocycles. The predicted molar refractivity (Wildman–Crippen MR) is 187 cm³/mol. The summed E-state index contributed by atoms with van der Waals surface area (Å²) >= 11 is 0. The van der Waals surface area contributed by atoms with Gasteiger partial charge in [-0.2, -0.15) is 10.5 Å². The third-order valence-corrected chi connectivity index (χ3v) is 9.84. The number of likely N-dealkylation sites (tertiary alicyclic amines) is 1. The van der Waals surface area contributed by atoms with Crippen molar-refractivity contribution in [1.82, 2.24) is 14.8 Å². The Morgan fingerprint density at radius 2 is 1.85 bits per heavy atom. The van der Waals surface area contributed by atoms with Crippen LogP contribution in [0.2, 0.25) is 0 Å². The number of nitriles is 2. The summed E-state index contributed by atoms with van der Waals surface area (Å²) in [5.41, 5.74) is 4.77. The summed E-state index contributed by atoms with van der Waals surface area (Å²) in [6, 6.07) is 17.2. The lowest BCUT2D eigenvalue weighted by atomic mass is 9.95. The van der Waals surface area contributed by atoms with Crippen molar-refractivity contribution in [3.05, 3.63) is 71.4 Å². The molecule has 4 heterocycles. The third kappa shape index (κ3) is 6.82. The van der Waals surface area contributed by atoms with Crippen LogP contribution in [0.5, 0.6) is 5.88 Å². The molecule has 0 bridgehead atoms. The van der Waals surface area contributed by atoms with Crippen molar-refractivity contribution in [3.8, 4) is 18.0 Å². The maximum absolute atomic E-state index is 12.7. The normalized spacial score (nSPS) is 19.0. The van der Waals surface area contributed by atoms with E-state index in [1.807, 2.05) is 13.8 Å². The van der Waals surface area contributed by atoms with Crippen LogP contribution in [0.15, 0.2) is 49.1 Å². The minimum absolute atomic E-state index is 0.109. The molecule has 0 spiro atoms. The van der Waals surface area contributed by atoms with Gasteiger partial charge in [-0.3, -0.25) is 4.79 Å². The van der Waals surface area contributed by atoms with Crippen molar-refractivity contribution >= 4 is 28.1 Å². The van der Waals surface area contributed by atoms with Crippen LogP contribution in [0.3, 0.4) is 0 Å². The first-order valence-electron chi connectivity index (χ1n) is 17.0. The number of carbonyl (C=O) groups is 1. The van der Waals surface area contributed by atoms with Gasteiger partial charge in [-0.1, -0.05) is 36.9 Å². The first kappa shape index (κ1) is 33.3. The molecule has 0 aliphatic carbocycles. The summed E-state index contributed by atoms with van der Waals surface area (Å²) in [7, 11) is 0. The molecule has 10 nitrogen and oxygen atoms in total. The summed E-state index contributed by atoms with van der Waals surface area (Å²) in [6.45, 7) is 14.3. The summed E-state index contributed by atoms with van der Waals surface area (Å²) in [5.74, 6) is 0.165. The second-order valence-corrected chi connectivity index (χ2v) is 13.9. The number of pyridine rings is 1. The molecule has 1 amide bonds. The SMILES string of the molecule is C=CC(=O)N1CCN(c2c(C#N)c(OC3CCN(CC(C)(C)O)CC3)nc3c2CCN(c2cccc4cccc(C)c24)C3)C[C@@H]1CC#N. The molecule has 1 N–H and O–H groups in total. The third-order valence-electron chi connectivity index (χ3n) is 9.84. The highest BCUT2D eigenvalue weighted by Crippen LogP contribution is 2.40. The number of hydrogen-bond donors (Lipinski definition) is 1. The smallest absolute Gasteiger partial charge is 0.246 e. The Morgan fingerprint density at radius 3 is 2.54 bits per heavy atom. The summed E-state index contributed by atoms with van der Waals surface area (Å²) in [6.07, 6.45) is 3.61. The van der Waals surface area contributed by atoms with Crippen molar-refractivity contribution in [2.75, 3.05) is 55.6 Å². The number of aliphatic hydroxyl groups is 1. The maximum Gasteiger partial charge on any atom is 0.246 e. The van der Waals surface area contributed by atoms with E-state index in [9.17, 15) is 20.4 Å². The minimum atomic E-state index is -0.769.